The maximum absolute atomic E-state index is 6.02. The molecule has 0 radical (unpaired) electrons. The third-order valence-corrected chi connectivity index (χ3v) is 4.69. The molecule has 1 aromatic rings. The molecule has 0 spiro atoms. The van der Waals surface area contributed by atoms with Crippen molar-refractivity contribution in [3.05, 3.63) is 29.8 Å². The molecule has 1 aliphatic carbocycles. The van der Waals surface area contributed by atoms with E-state index < -0.39 is 0 Å². The Labute approximate surface area is 127 Å². The van der Waals surface area contributed by atoms with Gasteiger partial charge in [0.1, 0.15) is 0 Å². The largest absolute Gasteiger partial charge is 0.370 e. The first-order chi connectivity index (χ1) is 10.2. The number of fused-ring (bicyclic) bond motifs is 1. The molecule has 21 heavy (non-hydrogen) atoms. The molecule has 114 valence electrons. The first-order valence-electron chi connectivity index (χ1n) is 8.15. The smallest absolute Gasteiger partial charge is 0.188 e. The summed E-state index contributed by atoms with van der Waals surface area (Å²) in [7, 11) is 0. The minimum atomic E-state index is 0.387. The molecule has 4 nitrogen and oxygen atoms in total. The first-order valence-corrected chi connectivity index (χ1v) is 8.15. The average molecular weight is 286 g/mol. The van der Waals surface area contributed by atoms with Gasteiger partial charge < -0.3 is 16.0 Å². The highest BCUT2D eigenvalue weighted by Crippen LogP contribution is 2.29. The van der Waals surface area contributed by atoms with Crippen LogP contribution in [0.5, 0.6) is 0 Å². The van der Waals surface area contributed by atoms with E-state index >= 15 is 0 Å². The lowest BCUT2D eigenvalue weighted by atomic mass is 10.2. The highest BCUT2D eigenvalue weighted by atomic mass is 15.2. The van der Waals surface area contributed by atoms with Crippen molar-refractivity contribution in [3.8, 4) is 0 Å². The van der Waals surface area contributed by atoms with Crippen molar-refractivity contribution < 1.29 is 0 Å². The predicted octanol–water partition coefficient (Wildman–Crippen LogP) is 2.28. The van der Waals surface area contributed by atoms with E-state index in [1.54, 1.807) is 0 Å². The summed E-state index contributed by atoms with van der Waals surface area (Å²) in [5, 5.41) is 3.35. The fourth-order valence-corrected chi connectivity index (χ4v) is 3.48. The van der Waals surface area contributed by atoms with Crippen molar-refractivity contribution in [2.24, 2.45) is 10.7 Å². The second-order valence-electron chi connectivity index (χ2n) is 6.27. The lowest BCUT2D eigenvalue weighted by Gasteiger charge is -2.26. The number of benzene rings is 1. The molecule has 0 aromatic heterocycles. The SMILES string of the molecule is CC(CN=C(N)NC1CCCC1)N1CCc2ccccc21. The molecule has 3 N–H and O–H groups in total. The van der Waals surface area contributed by atoms with Crippen molar-refractivity contribution in [1.82, 2.24) is 5.32 Å². The van der Waals surface area contributed by atoms with Crippen LogP contribution in [0, 0.1) is 0 Å². The third kappa shape index (κ3) is 3.31. The molecule has 0 saturated heterocycles. The minimum absolute atomic E-state index is 0.387. The Kier molecular flexibility index (Phi) is 4.32. The van der Waals surface area contributed by atoms with Crippen LogP contribution >= 0.6 is 0 Å². The van der Waals surface area contributed by atoms with E-state index in [1.807, 2.05) is 0 Å². The quantitative estimate of drug-likeness (QED) is 0.659. The number of guanidine groups is 1. The Morgan fingerprint density at radius 1 is 1.38 bits per heavy atom. The van der Waals surface area contributed by atoms with Crippen molar-refractivity contribution >= 4 is 11.6 Å². The Balaban J connectivity index is 1.55. The van der Waals surface area contributed by atoms with Crippen LogP contribution in [0.25, 0.3) is 0 Å². The predicted molar refractivity (Wildman–Crippen MR) is 88.8 cm³/mol. The molecule has 0 bridgehead atoms. The van der Waals surface area contributed by atoms with E-state index in [0.29, 0.717) is 18.0 Å². The number of hydrogen-bond acceptors (Lipinski definition) is 2. The minimum Gasteiger partial charge on any atom is -0.370 e. The second-order valence-corrected chi connectivity index (χ2v) is 6.27. The van der Waals surface area contributed by atoms with E-state index in [9.17, 15) is 0 Å². The maximum atomic E-state index is 6.02. The zero-order valence-electron chi connectivity index (χ0n) is 12.9. The third-order valence-electron chi connectivity index (χ3n) is 4.69. The Hall–Kier alpha value is -1.71. The number of nitrogens with two attached hydrogens (primary N) is 1. The van der Waals surface area contributed by atoms with Crippen molar-refractivity contribution in [3.63, 3.8) is 0 Å². The monoisotopic (exact) mass is 286 g/mol. The number of nitrogens with zero attached hydrogens (tertiary/aromatic N) is 2. The maximum Gasteiger partial charge on any atom is 0.188 e. The normalized spacial score (nSPS) is 20.6. The van der Waals surface area contributed by atoms with Gasteiger partial charge in [0.05, 0.1) is 6.54 Å². The van der Waals surface area contributed by atoms with Crippen LogP contribution in [0.1, 0.15) is 38.2 Å². The Morgan fingerprint density at radius 3 is 2.95 bits per heavy atom. The van der Waals surface area contributed by atoms with Gasteiger partial charge in [0, 0.05) is 24.3 Å². The fraction of sp³-hybridized carbons (Fsp3) is 0.588. The van der Waals surface area contributed by atoms with Gasteiger partial charge in [-0.15, -0.1) is 0 Å². The van der Waals surface area contributed by atoms with Gasteiger partial charge in [0.2, 0.25) is 0 Å². The van der Waals surface area contributed by atoms with E-state index in [-0.39, 0.29) is 0 Å². The summed E-state index contributed by atoms with van der Waals surface area (Å²) in [6.45, 7) is 4.07. The topological polar surface area (TPSA) is 53.6 Å². The molecule has 0 amide bonds. The second kappa shape index (κ2) is 6.37. The molecule has 2 aliphatic rings. The summed E-state index contributed by atoms with van der Waals surface area (Å²) in [4.78, 5) is 6.99. The van der Waals surface area contributed by atoms with Gasteiger partial charge >= 0.3 is 0 Å². The summed E-state index contributed by atoms with van der Waals surface area (Å²) in [5.41, 5.74) is 8.83. The summed E-state index contributed by atoms with van der Waals surface area (Å²) >= 11 is 0. The molecular weight excluding hydrogens is 260 g/mol. The molecule has 1 atom stereocenters. The van der Waals surface area contributed by atoms with Crippen LogP contribution in [-0.4, -0.2) is 31.1 Å². The van der Waals surface area contributed by atoms with Crippen LogP contribution in [-0.2, 0) is 6.42 Å². The number of rotatable bonds is 4. The van der Waals surface area contributed by atoms with Gasteiger partial charge in [-0.1, -0.05) is 31.0 Å². The number of para-hydroxylation sites is 1. The van der Waals surface area contributed by atoms with E-state index in [0.717, 1.165) is 19.5 Å². The number of anilines is 1. The molecule has 1 aromatic carbocycles. The standard InChI is InChI=1S/C17H26N4/c1-13(12-19-17(18)20-15-7-3-4-8-15)21-11-10-14-6-2-5-9-16(14)21/h2,5-6,9,13,15H,3-4,7-8,10-12H2,1H3,(H3,18,19,20). The molecule has 1 aliphatic heterocycles. The van der Waals surface area contributed by atoms with Gasteiger partial charge in [0.25, 0.3) is 0 Å². The van der Waals surface area contributed by atoms with Crippen molar-refractivity contribution in [2.45, 2.75) is 51.1 Å². The summed E-state index contributed by atoms with van der Waals surface area (Å²) in [6, 6.07) is 9.59. The molecular formula is C17H26N4. The first kappa shape index (κ1) is 14.2. The Morgan fingerprint density at radius 2 is 2.14 bits per heavy atom. The van der Waals surface area contributed by atoms with Crippen LogP contribution in [0.2, 0.25) is 0 Å². The summed E-state index contributed by atoms with van der Waals surface area (Å²) in [6.07, 6.45) is 6.22. The molecule has 1 unspecified atom stereocenters. The fourth-order valence-electron chi connectivity index (χ4n) is 3.48. The van der Waals surface area contributed by atoms with Crippen molar-refractivity contribution in [1.29, 1.82) is 0 Å². The summed E-state index contributed by atoms with van der Waals surface area (Å²) < 4.78 is 0. The molecule has 1 heterocycles. The van der Waals surface area contributed by atoms with Crippen LogP contribution in [0.4, 0.5) is 5.69 Å². The lowest BCUT2D eigenvalue weighted by Crippen LogP contribution is -2.40. The zero-order chi connectivity index (χ0) is 14.7. The van der Waals surface area contributed by atoms with Gasteiger partial charge in [-0.3, -0.25) is 4.99 Å². The average Bonchev–Trinajstić information content (AvgIpc) is 3.13. The molecule has 1 saturated carbocycles. The zero-order valence-corrected chi connectivity index (χ0v) is 12.9. The summed E-state index contributed by atoms with van der Waals surface area (Å²) in [5.74, 6) is 0.612. The van der Waals surface area contributed by atoms with Crippen molar-refractivity contribution in [2.75, 3.05) is 18.0 Å². The molecule has 3 rings (SSSR count). The van der Waals surface area contributed by atoms with Crippen LogP contribution in [0.3, 0.4) is 0 Å². The Bertz CT molecular complexity index is 505. The number of aliphatic imine (C=N–C) groups is 1. The van der Waals surface area contributed by atoms with Gasteiger partial charge in [-0.25, -0.2) is 0 Å². The highest BCUT2D eigenvalue weighted by molar-refractivity contribution is 5.78. The van der Waals surface area contributed by atoms with Crippen LogP contribution < -0.4 is 16.0 Å². The lowest BCUT2D eigenvalue weighted by molar-refractivity contribution is 0.618. The molecule has 1 fully saturated rings. The van der Waals surface area contributed by atoms with Crippen LogP contribution in [0.15, 0.2) is 29.3 Å². The highest BCUT2D eigenvalue weighted by Gasteiger charge is 2.22. The van der Waals surface area contributed by atoms with Gasteiger partial charge in [-0.2, -0.15) is 0 Å². The van der Waals surface area contributed by atoms with E-state index in [2.05, 4.69) is 46.4 Å². The van der Waals surface area contributed by atoms with Gasteiger partial charge in [0.15, 0.2) is 5.96 Å². The number of nitrogens with one attached hydrogen (secondary N) is 1. The van der Waals surface area contributed by atoms with E-state index in [4.69, 9.17) is 5.73 Å². The van der Waals surface area contributed by atoms with Gasteiger partial charge in [-0.05, 0) is 37.8 Å². The number of hydrogen-bond donors (Lipinski definition) is 2. The van der Waals surface area contributed by atoms with E-state index in [1.165, 1.54) is 36.9 Å². The molecule has 4 heteroatoms.